The Balaban J connectivity index is 2.01. The molecule has 2 heterocycles. The fourth-order valence-corrected chi connectivity index (χ4v) is 3.16. The molecule has 1 amide bonds. The standard InChI is InChI=1S/C16H15N3OS/c1-9-6-7-13(12-5-4-8-17-14(9)12)19-16(20)15-10(2)18-11(3)21-15/h4-8H,1-3H3,(H,19,20). The molecule has 1 aromatic carbocycles. The number of nitrogens with one attached hydrogen (secondary N) is 1. The van der Waals surface area contributed by atoms with Gasteiger partial charge in [-0.3, -0.25) is 9.78 Å². The second-order valence-corrected chi connectivity index (χ2v) is 6.13. The van der Waals surface area contributed by atoms with Crippen LogP contribution in [0.4, 0.5) is 5.69 Å². The fraction of sp³-hybridized carbons (Fsp3) is 0.188. The normalized spacial score (nSPS) is 10.8. The predicted molar refractivity (Wildman–Crippen MR) is 86.0 cm³/mol. The summed E-state index contributed by atoms with van der Waals surface area (Å²) in [4.78, 5) is 21.8. The Morgan fingerprint density at radius 1 is 1.19 bits per heavy atom. The second-order valence-electron chi connectivity index (χ2n) is 4.93. The van der Waals surface area contributed by atoms with E-state index in [-0.39, 0.29) is 5.91 Å². The first-order valence-corrected chi connectivity index (χ1v) is 7.47. The minimum absolute atomic E-state index is 0.118. The number of rotatable bonds is 2. The van der Waals surface area contributed by atoms with Crippen LogP contribution >= 0.6 is 11.3 Å². The molecule has 1 N–H and O–H groups in total. The van der Waals surface area contributed by atoms with Crippen LogP contribution in [-0.2, 0) is 0 Å². The molecule has 0 atom stereocenters. The number of pyridine rings is 1. The van der Waals surface area contributed by atoms with Crippen molar-refractivity contribution in [1.29, 1.82) is 0 Å². The fourth-order valence-electron chi connectivity index (χ4n) is 2.34. The molecule has 0 spiro atoms. The van der Waals surface area contributed by atoms with E-state index >= 15 is 0 Å². The third kappa shape index (κ3) is 2.52. The average molecular weight is 297 g/mol. The highest BCUT2D eigenvalue weighted by Crippen LogP contribution is 2.26. The summed E-state index contributed by atoms with van der Waals surface area (Å²) >= 11 is 1.41. The van der Waals surface area contributed by atoms with Crippen molar-refractivity contribution >= 4 is 33.8 Å². The Labute approximate surface area is 126 Å². The lowest BCUT2D eigenvalue weighted by Gasteiger charge is -2.09. The molecule has 0 saturated heterocycles. The molecule has 4 nitrogen and oxygen atoms in total. The Kier molecular flexibility index (Phi) is 3.43. The molecule has 0 unspecified atom stereocenters. The smallest absolute Gasteiger partial charge is 0.267 e. The van der Waals surface area contributed by atoms with Crippen LogP contribution in [0.2, 0.25) is 0 Å². The second kappa shape index (κ2) is 5.26. The van der Waals surface area contributed by atoms with E-state index in [1.165, 1.54) is 11.3 Å². The van der Waals surface area contributed by atoms with Crippen molar-refractivity contribution in [2.75, 3.05) is 5.32 Å². The summed E-state index contributed by atoms with van der Waals surface area (Å²) in [6.07, 6.45) is 1.76. The van der Waals surface area contributed by atoms with Gasteiger partial charge < -0.3 is 5.32 Å². The molecule has 2 aromatic heterocycles. The molecule has 0 bridgehead atoms. The van der Waals surface area contributed by atoms with Gasteiger partial charge in [0, 0.05) is 11.6 Å². The van der Waals surface area contributed by atoms with Crippen molar-refractivity contribution in [2.24, 2.45) is 0 Å². The molecule has 0 saturated carbocycles. The molecule has 0 radical (unpaired) electrons. The van der Waals surface area contributed by atoms with Gasteiger partial charge in [0.25, 0.3) is 5.91 Å². The number of hydrogen-bond donors (Lipinski definition) is 1. The number of hydrogen-bond acceptors (Lipinski definition) is 4. The number of aromatic nitrogens is 2. The maximum absolute atomic E-state index is 12.4. The Morgan fingerprint density at radius 3 is 2.71 bits per heavy atom. The minimum Gasteiger partial charge on any atom is -0.321 e. The molecule has 5 heteroatoms. The van der Waals surface area contributed by atoms with Gasteiger partial charge in [0.05, 0.1) is 21.9 Å². The van der Waals surface area contributed by atoms with Gasteiger partial charge in [0.2, 0.25) is 0 Å². The number of fused-ring (bicyclic) bond motifs is 1. The van der Waals surface area contributed by atoms with Crippen LogP contribution in [0.5, 0.6) is 0 Å². The summed E-state index contributed by atoms with van der Waals surface area (Å²) in [5, 5.41) is 4.82. The van der Waals surface area contributed by atoms with Crippen LogP contribution in [0.15, 0.2) is 30.5 Å². The van der Waals surface area contributed by atoms with E-state index in [9.17, 15) is 4.79 Å². The Hall–Kier alpha value is -2.27. The Morgan fingerprint density at radius 2 is 2.00 bits per heavy atom. The van der Waals surface area contributed by atoms with Crippen LogP contribution in [-0.4, -0.2) is 15.9 Å². The van der Waals surface area contributed by atoms with Crippen molar-refractivity contribution in [3.63, 3.8) is 0 Å². The van der Waals surface area contributed by atoms with Gasteiger partial charge in [-0.15, -0.1) is 11.3 Å². The van der Waals surface area contributed by atoms with Crippen LogP contribution in [0.3, 0.4) is 0 Å². The molecule has 3 rings (SSSR count). The number of anilines is 1. The lowest BCUT2D eigenvalue weighted by atomic mass is 10.1. The van der Waals surface area contributed by atoms with Crippen LogP contribution in [0.1, 0.15) is 25.9 Å². The van der Waals surface area contributed by atoms with Crippen molar-refractivity contribution in [3.8, 4) is 0 Å². The molecule has 0 aliphatic carbocycles. The molecular weight excluding hydrogens is 282 g/mol. The van der Waals surface area contributed by atoms with Crippen LogP contribution in [0.25, 0.3) is 10.9 Å². The van der Waals surface area contributed by atoms with E-state index in [0.717, 1.165) is 32.9 Å². The topological polar surface area (TPSA) is 54.9 Å². The van der Waals surface area contributed by atoms with E-state index in [4.69, 9.17) is 0 Å². The Bertz CT molecular complexity index is 839. The lowest BCUT2D eigenvalue weighted by Crippen LogP contribution is -2.12. The highest BCUT2D eigenvalue weighted by atomic mass is 32.1. The van der Waals surface area contributed by atoms with Gasteiger partial charge >= 0.3 is 0 Å². The van der Waals surface area contributed by atoms with Gasteiger partial charge in [-0.25, -0.2) is 4.98 Å². The van der Waals surface area contributed by atoms with E-state index in [1.54, 1.807) is 6.20 Å². The molecule has 3 aromatic rings. The predicted octanol–water partition coefficient (Wildman–Crippen LogP) is 3.87. The number of aryl methyl sites for hydroxylation is 3. The summed E-state index contributed by atoms with van der Waals surface area (Å²) < 4.78 is 0. The molecule has 106 valence electrons. The summed E-state index contributed by atoms with van der Waals surface area (Å²) in [5.74, 6) is -0.118. The van der Waals surface area contributed by atoms with Crippen LogP contribution < -0.4 is 5.32 Å². The molecule has 21 heavy (non-hydrogen) atoms. The van der Waals surface area contributed by atoms with Crippen molar-refractivity contribution < 1.29 is 4.79 Å². The van der Waals surface area contributed by atoms with Crippen molar-refractivity contribution in [3.05, 3.63) is 51.6 Å². The lowest BCUT2D eigenvalue weighted by molar-refractivity contribution is 0.103. The first-order valence-electron chi connectivity index (χ1n) is 6.66. The first-order chi connectivity index (χ1) is 10.1. The third-order valence-electron chi connectivity index (χ3n) is 3.33. The largest absolute Gasteiger partial charge is 0.321 e. The first kappa shape index (κ1) is 13.7. The number of carbonyl (C=O) groups excluding carboxylic acids is 1. The van der Waals surface area contributed by atoms with Crippen molar-refractivity contribution in [2.45, 2.75) is 20.8 Å². The van der Waals surface area contributed by atoms with Gasteiger partial charge in [0.1, 0.15) is 4.88 Å². The quantitative estimate of drug-likeness (QED) is 0.781. The molecule has 0 aliphatic heterocycles. The summed E-state index contributed by atoms with van der Waals surface area (Å²) in [6.45, 7) is 5.77. The zero-order valence-electron chi connectivity index (χ0n) is 12.1. The number of carbonyl (C=O) groups is 1. The average Bonchev–Trinajstić information content (AvgIpc) is 2.81. The molecule has 0 aliphatic rings. The maximum Gasteiger partial charge on any atom is 0.267 e. The van der Waals surface area contributed by atoms with Gasteiger partial charge in [0.15, 0.2) is 0 Å². The van der Waals surface area contributed by atoms with E-state index < -0.39 is 0 Å². The van der Waals surface area contributed by atoms with E-state index in [1.807, 2.05) is 45.0 Å². The monoisotopic (exact) mass is 297 g/mol. The number of thiazole rings is 1. The van der Waals surface area contributed by atoms with Gasteiger partial charge in [-0.1, -0.05) is 6.07 Å². The van der Waals surface area contributed by atoms with Crippen molar-refractivity contribution in [1.82, 2.24) is 9.97 Å². The summed E-state index contributed by atoms with van der Waals surface area (Å²) in [7, 11) is 0. The van der Waals surface area contributed by atoms with Gasteiger partial charge in [-0.05, 0) is 44.5 Å². The third-order valence-corrected chi connectivity index (χ3v) is 4.40. The van der Waals surface area contributed by atoms with Crippen LogP contribution in [0, 0.1) is 20.8 Å². The minimum atomic E-state index is -0.118. The van der Waals surface area contributed by atoms with Gasteiger partial charge in [-0.2, -0.15) is 0 Å². The van der Waals surface area contributed by atoms with E-state index in [0.29, 0.717) is 4.88 Å². The summed E-state index contributed by atoms with van der Waals surface area (Å²) in [5.41, 5.74) is 3.55. The molecule has 0 fully saturated rings. The highest BCUT2D eigenvalue weighted by Gasteiger charge is 2.15. The number of amides is 1. The van der Waals surface area contributed by atoms with E-state index in [2.05, 4.69) is 15.3 Å². The maximum atomic E-state index is 12.4. The SMILES string of the molecule is Cc1nc(C)c(C(=O)Nc2ccc(C)c3ncccc23)s1. The number of benzene rings is 1. The number of nitrogens with zero attached hydrogens (tertiary/aromatic N) is 2. The highest BCUT2D eigenvalue weighted by molar-refractivity contribution is 7.13. The summed E-state index contributed by atoms with van der Waals surface area (Å²) in [6, 6.07) is 7.73. The molecular formula is C16H15N3OS. The zero-order valence-corrected chi connectivity index (χ0v) is 12.9. The zero-order chi connectivity index (χ0) is 15.0.